The fraction of sp³-hybridized carbons (Fsp3) is 0.222. The third kappa shape index (κ3) is 4.20. The normalized spacial score (nSPS) is 11.5. The number of anilines is 1. The van der Waals surface area contributed by atoms with Gasteiger partial charge in [-0.3, -0.25) is 4.72 Å². The maximum atomic E-state index is 12.6. The van der Waals surface area contributed by atoms with E-state index in [9.17, 15) is 18.0 Å². The average molecular weight is 425 g/mol. The number of oxazole rings is 1. The van der Waals surface area contributed by atoms with Gasteiger partial charge in [0.05, 0.1) is 11.5 Å². The summed E-state index contributed by atoms with van der Waals surface area (Å²) in [5, 5.41) is 0.471. The number of carbonyl (C=O) groups excluding carboxylic acids is 1. The lowest BCUT2D eigenvalue weighted by molar-refractivity contribution is 0.145. The van der Waals surface area contributed by atoms with E-state index in [1.165, 1.54) is 30.3 Å². The Kier molecular flexibility index (Phi) is 5.76. The highest BCUT2D eigenvalue weighted by molar-refractivity contribution is 7.92. The molecule has 3 aromatic rings. The van der Waals surface area contributed by atoms with Crippen LogP contribution in [0.4, 0.5) is 10.5 Å². The number of ether oxygens (including phenoxy) is 1. The standard InChI is InChI=1S/C18H17ClN2O6S/c1-2-3-10-26-17(22)21-15-9-8-14(11-16(15)27-18(21)23)28(24,25)20-13-6-4-12(19)5-7-13/h4-9,11,20H,2-3,10H2,1H3. The number of rotatable bonds is 6. The minimum atomic E-state index is -3.94. The summed E-state index contributed by atoms with van der Waals surface area (Å²) in [6.45, 7) is 2.11. The van der Waals surface area contributed by atoms with Crippen LogP contribution in [0.25, 0.3) is 11.1 Å². The minimum absolute atomic E-state index is 0.0450. The minimum Gasteiger partial charge on any atom is -0.449 e. The van der Waals surface area contributed by atoms with Gasteiger partial charge < -0.3 is 9.15 Å². The molecule has 0 amide bonds. The number of nitrogens with zero attached hydrogens (tertiary/aromatic N) is 1. The lowest BCUT2D eigenvalue weighted by atomic mass is 10.3. The van der Waals surface area contributed by atoms with Gasteiger partial charge in [-0.25, -0.2) is 18.0 Å². The summed E-state index contributed by atoms with van der Waals surface area (Å²) in [6, 6.07) is 9.88. The molecule has 0 spiro atoms. The van der Waals surface area contributed by atoms with Crippen molar-refractivity contribution in [2.24, 2.45) is 0 Å². The molecule has 1 aromatic heterocycles. The number of carbonyl (C=O) groups is 1. The summed E-state index contributed by atoms with van der Waals surface area (Å²) in [5.41, 5.74) is 0.399. The van der Waals surface area contributed by atoms with Crippen LogP contribution < -0.4 is 10.5 Å². The molecule has 0 aliphatic rings. The van der Waals surface area contributed by atoms with E-state index in [1.807, 2.05) is 6.92 Å². The highest BCUT2D eigenvalue weighted by Crippen LogP contribution is 2.22. The average Bonchev–Trinajstić information content (AvgIpc) is 2.98. The quantitative estimate of drug-likeness (QED) is 0.602. The van der Waals surface area contributed by atoms with E-state index in [4.69, 9.17) is 20.8 Å². The van der Waals surface area contributed by atoms with Crippen molar-refractivity contribution in [1.82, 2.24) is 4.57 Å². The van der Waals surface area contributed by atoms with Crippen LogP contribution in [0, 0.1) is 0 Å². The Morgan fingerprint density at radius 3 is 2.61 bits per heavy atom. The van der Waals surface area contributed by atoms with Gasteiger partial charge in [-0.2, -0.15) is 4.57 Å². The summed E-state index contributed by atoms with van der Waals surface area (Å²) >= 11 is 5.79. The summed E-state index contributed by atoms with van der Waals surface area (Å²) in [6.07, 6.45) is 0.623. The number of hydrogen-bond acceptors (Lipinski definition) is 6. The number of hydrogen-bond donors (Lipinski definition) is 1. The van der Waals surface area contributed by atoms with E-state index in [1.54, 1.807) is 12.1 Å². The Morgan fingerprint density at radius 2 is 1.93 bits per heavy atom. The fourth-order valence-corrected chi connectivity index (χ4v) is 3.64. The van der Waals surface area contributed by atoms with Crippen LogP contribution in [0.5, 0.6) is 0 Å². The molecule has 0 unspecified atom stereocenters. The number of sulfonamides is 1. The van der Waals surface area contributed by atoms with Gasteiger partial charge in [0.25, 0.3) is 10.0 Å². The van der Waals surface area contributed by atoms with Crippen LogP contribution in [0.3, 0.4) is 0 Å². The van der Waals surface area contributed by atoms with Gasteiger partial charge >= 0.3 is 11.8 Å². The topological polar surface area (TPSA) is 108 Å². The van der Waals surface area contributed by atoms with Crippen LogP contribution in [0.1, 0.15) is 19.8 Å². The Bertz CT molecular complexity index is 1160. The molecule has 0 aliphatic heterocycles. The molecule has 8 nitrogen and oxygen atoms in total. The van der Waals surface area contributed by atoms with Crippen molar-refractivity contribution in [3.8, 4) is 0 Å². The smallest absolute Gasteiger partial charge is 0.429 e. The number of unbranched alkanes of at least 4 members (excludes halogenated alkanes) is 1. The van der Waals surface area contributed by atoms with Crippen LogP contribution in [0.2, 0.25) is 5.02 Å². The van der Waals surface area contributed by atoms with Crippen molar-refractivity contribution in [2.45, 2.75) is 24.7 Å². The predicted molar refractivity (Wildman–Crippen MR) is 104 cm³/mol. The Morgan fingerprint density at radius 1 is 1.21 bits per heavy atom. The summed E-state index contributed by atoms with van der Waals surface area (Å²) in [4.78, 5) is 24.0. The molecule has 0 atom stereocenters. The summed E-state index contributed by atoms with van der Waals surface area (Å²) in [5.74, 6) is -0.947. The zero-order valence-corrected chi connectivity index (χ0v) is 16.4. The Balaban J connectivity index is 1.91. The second-order valence-corrected chi connectivity index (χ2v) is 8.03. The van der Waals surface area contributed by atoms with E-state index in [2.05, 4.69) is 4.72 Å². The van der Waals surface area contributed by atoms with Gasteiger partial charge in [0.15, 0.2) is 5.58 Å². The van der Waals surface area contributed by atoms with E-state index >= 15 is 0 Å². The summed E-state index contributed by atoms with van der Waals surface area (Å²) in [7, 11) is -3.94. The number of halogens is 1. The molecule has 1 heterocycles. The molecule has 1 N–H and O–H groups in total. The third-order valence-corrected chi connectivity index (χ3v) is 5.50. The van der Waals surface area contributed by atoms with E-state index < -0.39 is 21.9 Å². The number of nitrogens with one attached hydrogen (secondary N) is 1. The predicted octanol–water partition coefficient (Wildman–Crippen LogP) is 3.83. The molecule has 0 radical (unpaired) electrons. The van der Waals surface area contributed by atoms with Gasteiger partial charge in [-0.15, -0.1) is 0 Å². The maximum Gasteiger partial charge on any atom is 0.429 e. The van der Waals surface area contributed by atoms with E-state index in [0.717, 1.165) is 11.0 Å². The first-order chi connectivity index (χ1) is 13.3. The zero-order valence-electron chi connectivity index (χ0n) is 14.8. The van der Waals surface area contributed by atoms with Crippen molar-refractivity contribution < 1.29 is 22.4 Å². The lowest BCUT2D eigenvalue weighted by Crippen LogP contribution is -2.24. The Hall–Kier alpha value is -2.78. The van der Waals surface area contributed by atoms with Crippen LogP contribution >= 0.6 is 11.6 Å². The van der Waals surface area contributed by atoms with Gasteiger partial charge in [0, 0.05) is 16.8 Å². The second-order valence-electron chi connectivity index (χ2n) is 5.91. The largest absolute Gasteiger partial charge is 0.449 e. The highest BCUT2D eigenvalue weighted by atomic mass is 35.5. The van der Waals surface area contributed by atoms with Gasteiger partial charge in [-0.05, 0) is 42.8 Å². The van der Waals surface area contributed by atoms with Crippen molar-refractivity contribution in [2.75, 3.05) is 11.3 Å². The van der Waals surface area contributed by atoms with Gasteiger partial charge in [-0.1, -0.05) is 24.9 Å². The van der Waals surface area contributed by atoms with Crippen molar-refractivity contribution >= 4 is 44.5 Å². The number of benzene rings is 2. The third-order valence-electron chi connectivity index (χ3n) is 3.86. The molecule has 0 saturated heterocycles. The lowest BCUT2D eigenvalue weighted by Gasteiger charge is -2.08. The maximum absolute atomic E-state index is 12.6. The highest BCUT2D eigenvalue weighted by Gasteiger charge is 2.21. The van der Waals surface area contributed by atoms with E-state index in [0.29, 0.717) is 17.1 Å². The van der Waals surface area contributed by atoms with Crippen LogP contribution in [-0.4, -0.2) is 25.7 Å². The number of aromatic nitrogens is 1. The van der Waals surface area contributed by atoms with Gasteiger partial charge in [0.2, 0.25) is 0 Å². The SMILES string of the molecule is CCCCOC(=O)n1c(=O)oc2cc(S(=O)(=O)Nc3ccc(Cl)cc3)ccc21. The molecular formula is C18H17ClN2O6S. The van der Waals surface area contributed by atoms with Crippen molar-refractivity contribution in [3.05, 3.63) is 58.0 Å². The van der Waals surface area contributed by atoms with Crippen LogP contribution in [0.15, 0.2) is 56.6 Å². The molecule has 3 rings (SSSR count). The first-order valence-corrected chi connectivity index (χ1v) is 10.3. The molecule has 0 aliphatic carbocycles. The molecule has 28 heavy (non-hydrogen) atoms. The first-order valence-electron chi connectivity index (χ1n) is 8.43. The molecule has 148 valence electrons. The fourth-order valence-electron chi connectivity index (χ4n) is 2.44. The molecule has 0 saturated carbocycles. The van der Waals surface area contributed by atoms with Crippen molar-refractivity contribution in [3.63, 3.8) is 0 Å². The second kappa shape index (κ2) is 8.07. The van der Waals surface area contributed by atoms with Crippen LogP contribution in [-0.2, 0) is 14.8 Å². The zero-order chi connectivity index (χ0) is 20.3. The molecule has 10 heteroatoms. The Labute approximate surface area is 165 Å². The molecule has 2 aromatic carbocycles. The van der Waals surface area contributed by atoms with Crippen molar-refractivity contribution in [1.29, 1.82) is 0 Å². The van der Waals surface area contributed by atoms with Gasteiger partial charge in [0.1, 0.15) is 5.52 Å². The molecule has 0 fully saturated rings. The van der Waals surface area contributed by atoms with E-state index in [-0.39, 0.29) is 22.6 Å². The monoisotopic (exact) mass is 424 g/mol. The number of fused-ring (bicyclic) bond motifs is 1. The molecule has 0 bridgehead atoms. The molecular weight excluding hydrogens is 408 g/mol. The first kappa shape index (κ1) is 20.0. The summed E-state index contributed by atoms with van der Waals surface area (Å²) < 4.78 is 38.3.